The molecule has 3 fully saturated rings. The molecule has 4 heteroatoms. The van der Waals surface area contributed by atoms with Crippen LogP contribution in [0.15, 0.2) is 0 Å². The van der Waals surface area contributed by atoms with Crippen molar-refractivity contribution < 1.29 is 4.79 Å². The van der Waals surface area contributed by atoms with Gasteiger partial charge in [-0.2, -0.15) is 0 Å². The number of nitrogens with one attached hydrogen (secondary N) is 1. The molecule has 4 nitrogen and oxygen atoms in total. The Labute approximate surface area is 129 Å². The molecule has 0 radical (unpaired) electrons. The number of hydrogen-bond donors (Lipinski definition) is 1. The highest BCUT2D eigenvalue weighted by Gasteiger charge is 2.31. The molecule has 0 aromatic carbocycles. The van der Waals surface area contributed by atoms with Gasteiger partial charge < -0.3 is 10.2 Å². The molecule has 0 aromatic rings. The lowest BCUT2D eigenvalue weighted by atomic mass is 9.87. The average Bonchev–Trinajstić information content (AvgIpc) is 2.96. The van der Waals surface area contributed by atoms with E-state index in [4.69, 9.17) is 0 Å². The second-order valence-corrected chi connectivity index (χ2v) is 7.06. The van der Waals surface area contributed by atoms with Crippen LogP contribution < -0.4 is 5.32 Å². The van der Waals surface area contributed by atoms with Gasteiger partial charge in [-0.05, 0) is 64.1 Å². The molecular formula is C17H31N3O. The van der Waals surface area contributed by atoms with E-state index in [-0.39, 0.29) is 0 Å². The molecule has 0 aliphatic carbocycles. The SMILES string of the molecule is O=C(CN1CCCCCC1C1CCNCC1)N1CCCC1. The molecule has 3 heterocycles. The fourth-order valence-electron chi connectivity index (χ4n) is 4.39. The average molecular weight is 293 g/mol. The third-order valence-electron chi connectivity index (χ3n) is 5.64. The maximum absolute atomic E-state index is 12.5. The summed E-state index contributed by atoms with van der Waals surface area (Å²) in [5.74, 6) is 1.18. The van der Waals surface area contributed by atoms with E-state index in [1.165, 1.54) is 51.4 Å². The van der Waals surface area contributed by atoms with Gasteiger partial charge in [0.05, 0.1) is 6.54 Å². The Kier molecular flexibility index (Phi) is 5.53. The van der Waals surface area contributed by atoms with Gasteiger partial charge in [-0.25, -0.2) is 0 Å². The number of piperidine rings is 1. The number of carbonyl (C=O) groups excluding carboxylic acids is 1. The first-order chi connectivity index (χ1) is 10.3. The lowest BCUT2D eigenvalue weighted by Gasteiger charge is -2.38. The largest absolute Gasteiger partial charge is 0.342 e. The number of rotatable bonds is 3. The maximum atomic E-state index is 12.5. The van der Waals surface area contributed by atoms with Crippen LogP contribution in [0.5, 0.6) is 0 Å². The number of amides is 1. The van der Waals surface area contributed by atoms with Crippen molar-refractivity contribution in [2.45, 2.75) is 57.4 Å². The van der Waals surface area contributed by atoms with Gasteiger partial charge in [0.2, 0.25) is 5.91 Å². The standard InChI is InChI=1S/C17H31N3O/c21-17(19-11-4-5-12-19)14-20-13-3-1-2-6-16(20)15-7-9-18-10-8-15/h15-16,18H,1-14H2. The second-order valence-electron chi connectivity index (χ2n) is 7.06. The first-order valence-corrected chi connectivity index (χ1v) is 9.07. The van der Waals surface area contributed by atoms with Crippen molar-refractivity contribution in [3.05, 3.63) is 0 Å². The number of hydrogen-bond acceptors (Lipinski definition) is 3. The summed E-state index contributed by atoms with van der Waals surface area (Å²) >= 11 is 0. The minimum absolute atomic E-state index is 0.383. The second kappa shape index (κ2) is 7.59. The molecule has 0 saturated carbocycles. The fourth-order valence-corrected chi connectivity index (χ4v) is 4.39. The summed E-state index contributed by atoms with van der Waals surface area (Å²) < 4.78 is 0. The van der Waals surface area contributed by atoms with E-state index in [0.717, 1.165) is 38.6 Å². The number of likely N-dealkylation sites (tertiary alicyclic amines) is 2. The fraction of sp³-hybridized carbons (Fsp3) is 0.941. The molecule has 3 rings (SSSR count). The molecule has 1 N–H and O–H groups in total. The highest BCUT2D eigenvalue weighted by Crippen LogP contribution is 2.28. The van der Waals surface area contributed by atoms with Gasteiger partial charge in [-0.1, -0.05) is 12.8 Å². The van der Waals surface area contributed by atoms with E-state index in [1.807, 2.05) is 0 Å². The Balaban J connectivity index is 1.61. The van der Waals surface area contributed by atoms with Crippen molar-refractivity contribution in [1.82, 2.24) is 15.1 Å². The summed E-state index contributed by atoms with van der Waals surface area (Å²) in [4.78, 5) is 17.2. The summed E-state index contributed by atoms with van der Waals surface area (Å²) in [6.07, 6.45) is 10.2. The van der Waals surface area contributed by atoms with Crippen LogP contribution in [-0.2, 0) is 4.79 Å². The lowest BCUT2D eigenvalue weighted by Crippen LogP contribution is -2.48. The van der Waals surface area contributed by atoms with Crippen LogP contribution in [0, 0.1) is 5.92 Å². The smallest absolute Gasteiger partial charge is 0.236 e. The monoisotopic (exact) mass is 293 g/mol. The molecule has 21 heavy (non-hydrogen) atoms. The topological polar surface area (TPSA) is 35.6 Å². The van der Waals surface area contributed by atoms with Crippen molar-refractivity contribution in [2.24, 2.45) is 5.92 Å². The first-order valence-electron chi connectivity index (χ1n) is 9.07. The number of carbonyl (C=O) groups is 1. The van der Waals surface area contributed by atoms with Gasteiger partial charge >= 0.3 is 0 Å². The van der Waals surface area contributed by atoms with Gasteiger partial charge in [0.25, 0.3) is 0 Å². The van der Waals surface area contributed by atoms with E-state index < -0.39 is 0 Å². The highest BCUT2D eigenvalue weighted by molar-refractivity contribution is 5.78. The van der Waals surface area contributed by atoms with E-state index in [0.29, 0.717) is 18.5 Å². The van der Waals surface area contributed by atoms with E-state index in [1.54, 1.807) is 0 Å². The third kappa shape index (κ3) is 3.98. The van der Waals surface area contributed by atoms with Crippen LogP contribution in [0.1, 0.15) is 51.4 Å². The maximum Gasteiger partial charge on any atom is 0.236 e. The molecular weight excluding hydrogens is 262 g/mol. The molecule has 0 spiro atoms. The van der Waals surface area contributed by atoms with E-state index >= 15 is 0 Å². The summed E-state index contributed by atoms with van der Waals surface area (Å²) in [5, 5.41) is 3.48. The lowest BCUT2D eigenvalue weighted by molar-refractivity contribution is -0.132. The van der Waals surface area contributed by atoms with Crippen LogP contribution in [0.25, 0.3) is 0 Å². The van der Waals surface area contributed by atoms with Crippen molar-refractivity contribution in [1.29, 1.82) is 0 Å². The van der Waals surface area contributed by atoms with E-state index in [2.05, 4.69) is 15.1 Å². The molecule has 3 aliphatic rings. The highest BCUT2D eigenvalue weighted by atomic mass is 16.2. The molecule has 1 unspecified atom stereocenters. The Hall–Kier alpha value is -0.610. The van der Waals surface area contributed by atoms with Crippen LogP contribution >= 0.6 is 0 Å². The van der Waals surface area contributed by atoms with Crippen molar-refractivity contribution in [3.63, 3.8) is 0 Å². The molecule has 3 saturated heterocycles. The van der Waals surface area contributed by atoms with Gasteiger partial charge in [0.1, 0.15) is 0 Å². The molecule has 120 valence electrons. The van der Waals surface area contributed by atoms with Gasteiger partial charge in [0.15, 0.2) is 0 Å². The van der Waals surface area contributed by atoms with Crippen LogP contribution in [0.4, 0.5) is 0 Å². The summed E-state index contributed by atoms with van der Waals surface area (Å²) in [6.45, 7) is 6.11. The van der Waals surface area contributed by atoms with Crippen molar-refractivity contribution in [3.8, 4) is 0 Å². The van der Waals surface area contributed by atoms with Crippen molar-refractivity contribution in [2.75, 3.05) is 39.3 Å². The predicted molar refractivity (Wildman–Crippen MR) is 85.2 cm³/mol. The summed E-state index contributed by atoms with van der Waals surface area (Å²) in [7, 11) is 0. The predicted octanol–water partition coefficient (Wildman–Crippen LogP) is 1.85. The van der Waals surface area contributed by atoms with Crippen LogP contribution in [-0.4, -0.2) is 61.0 Å². The molecule has 1 atom stereocenters. The summed E-state index contributed by atoms with van der Waals surface area (Å²) in [5.41, 5.74) is 0. The van der Waals surface area contributed by atoms with Crippen LogP contribution in [0.3, 0.4) is 0 Å². The Morgan fingerprint density at radius 2 is 1.62 bits per heavy atom. The normalized spacial score (nSPS) is 29.5. The van der Waals surface area contributed by atoms with E-state index in [9.17, 15) is 4.79 Å². The van der Waals surface area contributed by atoms with Crippen molar-refractivity contribution >= 4 is 5.91 Å². The molecule has 1 amide bonds. The molecule has 0 aromatic heterocycles. The number of nitrogens with zero attached hydrogens (tertiary/aromatic N) is 2. The Morgan fingerprint density at radius 3 is 2.38 bits per heavy atom. The van der Waals surface area contributed by atoms with Gasteiger partial charge in [-0.15, -0.1) is 0 Å². The molecule has 0 bridgehead atoms. The quantitative estimate of drug-likeness (QED) is 0.862. The zero-order valence-corrected chi connectivity index (χ0v) is 13.4. The van der Waals surface area contributed by atoms with Gasteiger partial charge in [-0.3, -0.25) is 9.69 Å². The Bertz CT molecular complexity index is 335. The Morgan fingerprint density at radius 1 is 0.905 bits per heavy atom. The van der Waals surface area contributed by atoms with Gasteiger partial charge in [0, 0.05) is 19.1 Å². The minimum Gasteiger partial charge on any atom is -0.342 e. The minimum atomic E-state index is 0.383. The molecule has 3 aliphatic heterocycles. The zero-order valence-electron chi connectivity index (χ0n) is 13.4. The third-order valence-corrected chi connectivity index (χ3v) is 5.64. The zero-order chi connectivity index (χ0) is 14.5. The first kappa shape index (κ1) is 15.3. The van der Waals surface area contributed by atoms with Crippen LogP contribution in [0.2, 0.25) is 0 Å². The summed E-state index contributed by atoms with van der Waals surface area (Å²) in [6, 6.07) is 0.654.